The van der Waals surface area contributed by atoms with Crippen molar-refractivity contribution in [2.75, 3.05) is 23.3 Å². The van der Waals surface area contributed by atoms with Crippen LogP contribution in [0.5, 0.6) is 0 Å². The van der Waals surface area contributed by atoms with Crippen molar-refractivity contribution in [2.24, 2.45) is 5.41 Å². The third kappa shape index (κ3) is 4.88. The summed E-state index contributed by atoms with van der Waals surface area (Å²) in [4.78, 5) is 14.3. The third-order valence-electron chi connectivity index (χ3n) is 3.70. The Morgan fingerprint density at radius 2 is 1.91 bits per heavy atom. The minimum Gasteiger partial charge on any atom is -0.393 e. The highest BCUT2D eigenvalue weighted by Crippen LogP contribution is 2.28. The maximum atomic E-state index is 12.1. The number of hydrogen-bond donors (Lipinski definition) is 2. The number of aliphatic hydroxyl groups is 1. The van der Waals surface area contributed by atoms with Crippen LogP contribution in [0.2, 0.25) is 0 Å². The largest absolute Gasteiger partial charge is 0.393 e. The first kappa shape index (κ1) is 16.6. The van der Waals surface area contributed by atoms with Crippen molar-refractivity contribution in [3.63, 3.8) is 0 Å². The van der Waals surface area contributed by atoms with Crippen LogP contribution in [0.1, 0.15) is 33.6 Å². The monoisotopic (exact) mass is 302 g/mol. The van der Waals surface area contributed by atoms with Gasteiger partial charge in [0.1, 0.15) is 0 Å². The van der Waals surface area contributed by atoms with Gasteiger partial charge in [0.05, 0.1) is 17.5 Å². The molecule has 2 N–H and O–H groups in total. The number of benzene rings is 1. The van der Waals surface area contributed by atoms with Crippen LogP contribution in [0.3, 0.4) is 0 Å². The van der Waals surface area contributed by atoms with Gasteiger partial charge in [0.25, 0.3) is 0 Å². The molecule has 0 aliphatic carbocycles. The van der Waals surface area contributed by atoms with Crippen LogP contribution < -0.4 is 10.2 Å². The fourth-order valence-corrected chi connectivity index (χ4v) is 2.46. The molecule has 1 saturated heterocycles. The predicted octanol–water partition coefficient (Wildman–Crippen LogP) is 3.19. The normalized spacial score (nSPS) is 17.0. The maximum absolute atomic E-state index is 12.1. The van der Waals surface area contributed by atoms with Gasteiger partial charge in [-0.25, -0.2) is 0 Å². The van der Waals surface area contributed by atoms with Gasteiger partial charge < -0.3 is 15.3 Å². The second-order valence-electron chi connectivity index (χ2n) is 6.92. The molecule has 0 atom stereocenters. The zero-order valence-corrected chi connectivity index (χ0v) is 13.7. The average molecular weight is 302 g/mol. The lowest BCUT2D eigenvalue weighted by Crippen LogP contribution is -2.36. The van der Waals surface area contributed by atoms with Gasteiger partial charge in [-0.2, -0.15) is 0 Å². The number of nitrogens with one attached hydrogen (secondary N) is 1. The third-order valence-corrected chi connectivity index (χ3v) is 3.70. The zero-order valence-electron chi connectivity index (χ0n) is 13.7. The fraction of sp³-hybridized carbons (Fsp3) is 0.500. The molecule has 1 fully saturated rings. The molecule has 0 saturated carbocycles. The number of anilines is 2. The Kier molecular flexibility index (Phi) is 5.24. The van der Waals surface area contributed by atoms with E-state index in [1.165, 1.54) is 0 Å². The van der Waals surface area contributed by atoms with Crippen molar-refractivity contribution in [1.82, 2.24) is 0 Å². The summed E-state index contributed by atoms with van der Waals surface area (Å²) in [6.45, 7) is 7.80. The predicted molar refractivity (Wildman–Crippen MR) is 91.1 cm³/mol. The highest BCUT2D eigenvalue weighted by molar-refractivity contribution is 6.01. The first-order chi connectivity index (χ1) is 10.3. The number of aliphatic hydroxyl groups excluding tert-OH is 1. The lowest BCUT2D eigenvalue weighted by atomic mass is 9.96. The number of piperidine rings is 1. The molecule has 0 aromatic heterocycles. The van der Waals surface area contributed by atoms with Crippen LogP contribution in [0, 0.1) is 5.41 Å². The standard InChI is InChI=1S/C18H26N2O2/c1-18(2,3)11-8-17(22)19-15-6-4-5-7-16(15)20-12-9-14(21)10-13-20/h4-8,11,14,21H,9-10,12-13H2,1-3H3,(H,19,22)/b11-8+. The van der Waals surface area contributed by atoms with Gasteiger partial charge in [-0.1, -0.05) is 39.0 Å². The van der Waals surface area contributed by atoms with E-state index in [-0.39, 0.29) is 17.4 Å². The van der Waals surface area contributed by atoms with Gasteiger partial charge >= 0.3 is 0 Å². The number of para-hydroxylation sites is 2. The summed E-state index contributed by atoms with van der Waals surface area (Å²) in [5.41, 5.74) is 1.83. The van der Waals surface area contributed by atoms with Crippen LogP contribution >= 0.6 is 0 Å². The summed E-state index contributed by atoms with van der Waals surface area (Å²) in [5.74, 6) is -0.112. The number of allylic oxidation sites excluding steroid dienone is 1. The van der Waals surface area contributed by atoms with E-state index in [4.69, 9.17) is 0 Å². The minimum atomic E-state index is -0.201. The number of carbonyl (C=O) groups excluding carboxylic acids is 1. The van der Waals surface area contributed by atoms with Crippen molar-refractivity contribution < 1.29 is 9.90 Å². The number of nitrogens with zero attached hydrogens (tertiary/aromatic N) is 1. The molecular formula is C18H26N2O2. The highest BCUT2D eigenvalue weighted by Gasteiger charge is 2.19. The molecule has 1 aliphatic rings. The molecule has 120 valence electrons. The molecule has 1 aromatic carbocycles. The first-order valence-electron chi connectivity index (χ1n) is 7.87. The molecule has 0 unspecified atom stereocenters. The molecule has 1 aliphatic heterocycles. The van der Waals surface area contributed by atoms with E-state index in [9.17, 15) is 9.90 Å². The van der Waals surface area contributed by atoms with Gasteiger partial charge in [0.15, 0.2) is 0 Å². The average Bonchev–Trinajstić information content (AvgIpc) is 2.46. The fourth-order valence-electron chi connectivity index (χ4n) is 2.46. The van der Waals surface area contributed by atoms with Crippen LogP contribution in [0.25, 0.3) is 0 Å². The number of amides is 1. The number of rotatable bonds is 3. The summed E-state index contributed by atoms with van der Waals surface area (Å²) < 4.78 is 0. The molecule has 4 heteroatoms. The zero-order chi connectivity index (χ0) is 16.2. The van der Waals surface area contributed by atoms with E-state index in [1.54, 1.807) is 6.08 Å². The summed E-state index contributed by atoms with van der Waals surface area (Å²) >= 11 is 0. The van der Waals surface area contributed by atoms with Gasteiger partial charge in [0.2, 0.25) is 5.91 Å². The Morgan fingerprint density at radius 1 is 1.27 bits per heavy atom. The lowest BCUT2D eigenvalue weighted by Gasteiger charge is -2.32. The van der Waals surface area contributed by atoms with Gasteiger partial charge in [-0.15, -0.1) is 0 Å². The Labute approximate surface area is 132 Å². The lowest BCUT2D eigenvalue weighted by molar-refractivity contribution is -0.112. The second kappa shape index (κ2) is 6.97. The minimum absolute atomic E-state index is 0.0140. The molecule has 2 rings (SSSR count). The summed E-state index contributed by atoms with van der Waals surface area (Å²) in [6.07, 6.45) is 4.84. The maximum Gasteiger partial charge on any atom is 0.248 e. The molecule has 0 spiro atoms. The van der Waals surface area contributed by atoms with Crippen molar-refractivity contribution in [3.05, 3.63) is 36.4 Å². The van der Waals surface area contributed by atoms with Crippen LogP contribution in [-0.4, -0.2) is 30.2 Å². The first-order valence-corrected chi connectivity index (χ1v) is 7.87. The SMILES string of the molecule is CC(C)(C)/C=C/C(=O)Nc1ccccc1N1CCC(O)CC1. The second-order valence-corrected chi connectivity index (χ2v) is 6.92. The van der Waals surface area contributed by atoms with E-state index >= 15 is 0 Å². The summed E-state index contributed by atoms with van der Waals surface area (Å²) in [6, 6.07) is 7.83. The van der Waals surface area contributed by atoms with Crippen molar-refractivity contribution in [1.29, 1.82) is 0 Å². The molecule has 1 aromatic rings. The summed E-state index contributed by atoms with van der Waals surface area (Å²) in [5, 5.41) is 12.6. The van der Waals surface area contributed by atoms with Crippen LogP contribution in [-0.2, 0) is 4.79 Å². The molecule has 22 heavy (non-hydrogen) atoms. The van der Waals surface area contributed by atoms with Crippen LogP contribution in [0.4, 0.5) is 11.4 Å². The topological polar surface area (TPSA) is 52.6 Å². The van der Waals surface area contributed by atoms with E-state index in [0.717, 1.165) is 37.3 Å². The molecule has 0 bridgehead atoms. The van der Waals surface area contributed by atoms with Gasteiger partial charge in [0, 0.05) is 13.1 Å². The highest BCUT2D eigenvalue weighted by atomic mass is 16.3. The molecule has 0 radical (unpaired) electrons. The van der Waals surface area contributed by atoms with Crippen molar-refractivity contribution in [2.45, 2.75) is 39.7 Å². The Bertz CT molecular complexity index is 538. The Morgan fingerprint density at radius 3 is 2.55 bits per heavy atom. The molecule has 1 amide bonds. The van der Waals surface area contributed by atoms with Crippen molar-refractivity contribution in [3.8, 4) is 0 Å². The number of hydrogen-bond acceptors (Lipinski definition) is 3. The van der Waals surface area contributed by atoms with E-state index < -0.39 is 0 Å². The quantitative estimate of drug-likeness (QED) is 0.843. The Balaban J connectivity index is 2.08. The molecular weight excluding hydrogens is 276 g/mol. The van der Waals surface area contributed by atoms with Gasteiger partial charge in [-0.05, 0) is 36.5 Å². The smallest absolute Gasteiger partial charge is 0.248 e. The van der Waals surface area contributed by atoms with E-state index in [2.05, 4.69) is 31.0 Å². The van der Waals surface area contributed by atoms with E-state index in [1.807, 2.05) is 30.3 Å². The summed E-state index contributed by atoms with van der Waals surface area (Å²) in [7, 11) is 0. The Hall–Kier alpha value is -1.81. The molecule has 4 nitrogen and oxygen atoms in total. The number of carbonyl (C=O) groups is 1. The van der Waals surface area contributed by atoms with Crippen LogP contribution in [0.15, 0.2) is 36.4 Å². The van der Waals surface area contributed by atoms with Crippen molar-refractivity contribution >= 4 is 17.3 Å². The van der Waals surface area contributed by atoms with Gasteiger partial charge in [-0.3, -0.25) is 4.79 Å². The van der Waals surface area contributed by atoms with E-state index in [0.29, 0.717) is 0 Å². The molecule has 1 heterocycles.